The molecule has 0 fully saturated rings. The predicted molar refractivity (Wildman–Crippen MR) is 47.1 cm³/mol. The van der Waals surface area contributed by atoms with Gasteiger partial charge in [-0.25, -0.2) is 9.97 Å². The number of nitrogen functional groups attached to an aromatic ring is 1. The summed E-state index contributed by atoms with van der Waals surface area (Å²) >= 11 is 0. The fraction of sp³-hybridized carbons (Fsp3) is 0.143. The number of hydrogen-bond acceptors (Lipinski definition) is 5. The van der Waals surface area contributed by atoms with Crippen molar-refractivity contribution in [1.82, 2.24) is 19.9 Å². The highest BCUT2D eigenvalue weighted by Gasteiger charge is 2.02. The molecule has 0 aliphatic carbocycles. The van der Waals surface area contributed by atoms with Crippen LogP contribution in [0.15, 0.2) is 11.0 Å². The van der Waals surface area contributed by atoms with Gasteiger partial charge in [0.1, 0.15) is 11.2 Å². The Labute approximate surface area is 72.9 Å². The lowest BCUT2D eigenvalue weighted by Crippen LogP contribution is -2.11. The predicted octanol–water partition coefficient (Wildman–Crippen LogP) is -0.396. The van der Waals surface area contributed by atoms with Gasteiger partial charge < -0.3 is 10.7 Å². The van der Waals surface area contributed by atoms with Crippen molar-refractivity contribution in [2.45, 2.75) is 6.92 Å². The van der Waals surface area contributed by atoms with Crippen molar-refractivity contribution in [2.75, 3.05) is 5.73 Å². The summed E-state index contributed by atoms with van der Waals surface area (Å²) in [6.07, 6.45) is 1.36. The van der Waals surface area contributed by atoms with Crippen molar-refractivity contribution in [1.29, 1.82) is 0 Å². The van der Waals surface area contributed by atoms with Crippen molar-refractivity contribution >= 4 is 17.0 Å². The van der Waals surface area contributed by atoms with Gasteiger partial charge >= 0.3 is 0 Å². The fourth-order valence-electron chi connectivity index (χ4n) is 1.05. The zero-order chi connectivity index (χ0) is 9.42. The molecule has 0 saturated heterocycles. The summed E-state index contributed by atoms with van der Waals surface area (Å²) in [6.45, 7) is 1.68. The molecule has 2 aromatic rings. The first-order valence-corrected chi connectivity index (χ1v) is 3.66. The van der Waals surface area contributed by atoms with Crippen LogP contribution in [0.5, 0.6) is 0 Å². The minimum atomic E-state index is -0.248. The Hall–Kier alpha value is -1.98. The molecule has 2 aromatic heterocycles. The summed E-state index contributed by atoms with van der Waals surface area (Å²) in [7, 11) is 0. The number of aromatic amines is 1. The van der Waals surface area contributed by atoms with Crippen LogP contribution in [-0.2, 0) is 0 Å². The first kappa shape index (κ1) is 7.66. The maximum absolute atomic E-state index is 11.3. The molecule has 0 aliphatic heterocycles. The topological polar surface area (TPSA) is 97.5 Å². The number of rotatable bonds is 0. The van der Waals surface area contributed by atoms with Crippen molar-refractivity contribution in [3.05, 3.63) is 22.4 Å². The molecule has 0 atom stereocenters. The fourth-order valence-corrected chi connectivity index (χ4v) is 1.05. The second kappa shape index (κ2) is 2.51. The SMILES string of the molecule is Cc1nc2nc(N)ncc2c(=O)[nH]1. The highest BCUT2D eigenvalue weighted by molar-refractivity contribution is 5.72. The lowest BCUT2D eigenvalue weighted by Gasteiger charge is -1.97. The van der Waals surface area contributed by atoms with Crippen LogP contribution in [0.2, 0.25) is 0 Å². The van der Waals surface area contributed by atoms with Crippen molar-refractivity contribution < 1.29 is 0 Å². The van der Waals surface area contributed by atoms with Gasteiger partial charge in [0.2, 0.25) is 5.95 Å². The molecule has 0 bridgehead atoms. The second-order valence-electron chi connectivity index (χ2n) is 2.62. The maximum atomic E-state index is 11.3. The average Bonchev–Trinajstić information content (AvgIpc) is 2.02. The molecule has 3 N–H and O–H groups in total. The van der Waals surface area contributed by atoms with Gasteiger partial charge in [-0.15, -0.1) is 0 Å². The normalized spacial score (nSPS) is 10.5. The molecule has 6 heteroatoms. The molecule has 0 aliphatic rings. The van der Waals surface area contributed by atoms with Crippen LogP contribution in [0, 0.1) is 6.92 Å². The van der Waals surface area contributed by atoms with Crippen LogP contribution in [0.25, 0.3) is 11.0 Å². The number of nitrogens with one attached hydrogen (secondary N) is 1. The van der Waals surface area contributed by atoms with Gasteiger partial charge in [0, 0.05) is 6.20 Å². The van der Waals surface area contributed by atoms with Crippen LogP contribution in [-0.4, -0.2) is 19.9 Å². The number of hydrogen-bond donors (Lipinski definition) is 2. The largest absolute Gasteiger partial charge is 0.368 e. The average molecular weight is 177 g/mol. The van der Waals surface area contributed by atoms with Crippen LogP contribution in [0.1, 0.15) is 5.82 Å². The van der Waals surface area contributed by atoms with E-state index in [0.717, 1.165) is 0 Å². The lowest BCUT2D eigenvalue weighted by atomic mass is 10.4. The third kappa shape index (κ3) is 1.22. The molecule has 2 heterocycles. The quantitative estimate of drug-likeness (QED) is 0.570. The minimum absolute atomic E-state index is 0.116. The molecule has 0 unspecified atom stereocenters. The van der Waals surface area contributed by atoms with Crippen molar-refractivity contribution in [2.24, 2.45) is 0 Å². The molecule has 0 radical (unpaired) electrons. The van der Waals surface area contributed by atoms with Crippen LogP contribution < -0.4 is 11.3 Å². The molecule has 0 amide bonds. The Bertz CT molecular complexity index is 513. The van der Waals surface area contributed by atoms with Crippen molar-refractivity contribution in [3.8, 4) is 0 Å². The maximum Gasteiger partial charge on any atom is 0.261 e. The summed E-state index contributed by atoms with van der Waals surface area (Å²) in [5.74, 6) is 0.626. The Morgan fingerprint density at radius 1 is 1.46 bits per heavy atom. The standard InChI is InChI=1S/C7H7N5O/c1-3-10-5-4(6(13)11-3)2-9-7(8)12-5/h2H,1H3,(H3,8,9,10,11,12,13). The molecule has 0 aromatic carbocycles. The van der Waals surface area contributed by atoms with E-state index in [1.807, 2.05) is 0 Å². The zero-order valence-corrected chi connectivity index (χ0v) is 6.90. The Morgan fingerprint density at radius 2 is 2.23 bits per heavy atom. The summed E-state index contributed by atoms with van der Waals surface area (Å²) in [5.41, 5.74) is 5.43. The number of nitrogens with two attached hydrogens (primary N) is 1. The van der Waals surface area contributed by atoms with Crippen LogP contribution in [0.3, 0.4) is 0 Å². The van der Waals surface area contributed by atoms with Gasteiger partial charge in [0.25, 0.3) is 5.56 Å². The summed E-state index contributed by atoms with van der Waals surface area (Å²) in [4.78, 5) is 25.4. The second-order valence-corrected chi connectivity index (χ2v) is 2.62. The van der Waals surface area contributed by atoms with E-state index >= 15 is 0 Å². The Morgan fingerprint density at radius 3 is 3.00 bits per heavy atom. The van der Waals surface area contributed by atoms with Crippen LogP contribution in [0.4, 0.5) is 5.95 Å². The number of fused-ring (bicyclic) bond motifs is 1. The molecular formula is C7H7N5O. The number of aromatic nitrogens is 4. The van der Waals surface area contributed by atoms with E-state index < -0.39 is 0 Å². The Kier molecular flexibility index (Phi) is 1.48. The van der Waals surface area contributed by atoms with Gasteiger partial charge in [-0.3, -0.25) is 4.79 Å². The lowest BCUT2D eigenvalue weighted by molar-refractivity contribution is 1.03. The van der Waals surface area contributed by atoms with E-state index in [-0.39, 0.29) is 11.5 Å². The summed E-state index contributed by atoms with van der Waals surface area (Å²) < 4.78 is 0. The highest BCUT2D eigenvalue weighted by Crippen LogP contribution is 2.02. The number of anilines is 1. The molecule has 0 spiro atoms. The molecule has 6 nitrogen and oxygen atoms in total. The molecule has 66 valence electrons. The third-order valence-corrected chi connectivity index (χ3v) is 1.60. The van der Waals surface area contributed by atoms with E-state index in [1.54, 1.807) is 6.92 Å². The van der Waals surface area contributed by atoms with E-state index in [0.29, 0.717) is 16.9 Å². The zero-order valence-electron chi connectivity index (χ0n) is 6.90. The Balaban J connectivity index is 2.95. The summed E-state index contributed by atoms with van der Waals surface area (Å²) in [5, 5.41) is 0.347. The third-order valence-electron chi connectivity index (χ3n) is 1.60. The smallest absolute Gasteiger partial charge is 0.261 e. The molecular weight excluding hydrogens is 170 g/mol. The first-order valence-electron chi connectivity index (χ1n) is 3.66. The van der Waals surface area contributed by atoms with E-state index in [2.05, 4.69) is 19.9 Å². The number of H-pyrrole nitrogens is 1. The number of nitrogens with zero attached hydrogens (tertiary/aromatic N) is 3. The van der Waals surface area contributed by atoms with Gasteiger partial charge in [-0.05, 0) is 6.92 Å². The van der Waals surface area contributed by atoms with Crippen LogP contribution >= 0.6 is 0 Å². The number of aryl methyl sites for hydroxylation is 1. The van der Waals surface area contributed by atoms with Gasteiger partial charge in [-0.1, -0.05) is 0 Å². The first-order chi connectivity index (χ1) is 6.16. The van der Waals surface area contributed by atoms with E-state index in [1.165, 1.54) is 6.20 Å². The monoisotopic (exact) mass is 177 g/mol. The van der Waals surface area contributed by atoms with Gasteiger partial charge in [0.15, 0.2) is 5.65 Å². The molecule has 0 saturated carbocycles. The van der Waals surface area contributed by atoms with E-state index in [4.69, 9.17) is 5.73 Å². The molecule has 13 heavy (non-hydrogen) atoms. The highest BCUT2D eigenvalue weighted by atomic mass is 16.1. The van der Waals surface area contributed by atoms with Crippen molar-refractivity contribution in [3.63, 3.8) is 0 Å². The van der Waals surface area contributed by atoms with E-state index in [9.17, 15) is 4.79 Å². The minimum Gasteiger partial charge on any atom is -0.368 e. The molecule has 2 rings (SSSR count). The van der Waals surface area contributed by atoms with Gasteiger partial charge in [-0.2, -0.15) is 4.98 Å². The van der Waals surface area contributed by atoms with Gasteiger partial charge in [0.05, 0.1) is 0 Å². The summed E-state index contributed by atoms with van der Waals surface area (Å²) in [6, 6.07) is 0.